The van der Waals surface area contributed by atoms with Crippen molar-refractivity contribution in [3.05, 3.63) is 48.1 Å². The second kappa shape index (κ2) is 15.2. The fourth-order valence-corrected chi connectivity index (χ4v) is 4.91. The van der Waals surface area contributed by atoms with Gasteiger partial charge < -0.3 is 13.9 Å². The van der Waals surface area contributed by atoms with Crippen LogP contribution in [-0.4, -0.2) is 40.6 Å². The van der Waals surface area contributed by atoms with Gasteiger partial charge >= 0.3 is 11.9 Å². The molecule has 0 saturated heterocycles. The molecule has 0 bridgehead atoms. The van der Waals surface area contributed by atoms with Gasteiger partial charge in [0.15, 0.2) is 13.7 Å². The Kier molecular flexibility index (Phi) is 14.4. The van der Waals surface area contributed by atoms with Crippen LogP contribution in [0.5, 0.6) is 0 Å². The number of esters is 2. The predicted molar refractivity (Wildman–Crippen MR) is 149 cm³/mol. The number of ether oxygens (including phenoxy) is 2. The van der Waals surface area contributed by atoms with E-state index in [0.717, 1.165) is 24.8 Å². The van der Waals surface area contributed by atoms with E-state index in [4.69, 9.17) is 13.9 Å². The second-order valence-electron chi connectivity index (χ2n) is 10.8. The van der Waals surface area contributed by atoms with Gasteiger partial charge in [-0.1, -0.05) is 56.7 Å². The van der Waals surface area contributed by atoms with Gasteiger partial charge in [-0.05, 0) is 83.0 Å². The topological polar surface area (TPSA) is 61.8 Å². The summed E-state index contributed by atoms with van der Waals surface area (Å²) >= 11 is 0. The Morgan fingerprint density at radius 2 is 1.57 bits per heavy atom. The molecule has 0 heterocycles. The first-order chi connectivity index (χ1) is 16.2. The highest BCUT2D eigenvalue weighted by Crippen LogP contribution is 2.38. The summed E-state index contributed by atoms with van der Waals surface area (Å²) < 4.78 is 16.7. The maximum Gasteiger partial charge on any atom is 0.323 e. The van der Waals surface area contributed by atoms with Crippen molar-refractivity contribution in [1.82, 2.24) is 0 Å². The minimum Gasteiger partial charge on any atom is -0.468 e. The number of methoxy groups -OCH3 is 2. The van der Waals surface area contributed by atoms with E-state index in [2.05, 4.69) is 53.4 Å². The van der Waals surface area contributed by atoms with Gasteiger partial charge in [0.25, 0.3) is 0 Å². The maximum absolute atomic E-state index is 12.7. The molecule has 0 aliphatic carbocycles. The summed E-state index contributed by atoms with van der Waals surface area (Å²) in [6, 6.07) is 0. The first kappa shape index (κ1) is 33.1. The van der Waals surface area contributed by atoms with Crippen LogP contribution in [0.15, 0.2) is 48.1 Å². The van der Waals surface area contributed by atoms with E-state index in [-0.39, 0.29) is 17.6 Å². The number of hydrogen-bond donors (Lipinski definition) is 0. The van der Waals surface area contributed by atoms with Crippen LogP contribution in [0.4, 0.5) is 0 Å². The zero-order valence-corrected chi connectivity index (χ0v) is 25.0. The SMILES string of the molecule is C=CCC(O[Si](C)(C)C(C)(C)C)/C(C)=C/CC/C(C)=C/CC(CC/C=C/C)(C(=O)OC)C(=O)OC. The largest absolute Gasteiger partial charge is 0.468 e. The molecule has 200 valence electrons. The number of carbonyl (C=O) groups is 2. The summed E-state index contributed by atoms with van der Waals surface area (Å²) in [6.07, 6.45) is 13.7. The minimum absolute atomic E-state index is 0.0376. The van der Waals surface area contributed by atoms with Gasteiger partial charge in [0, 0.05) is 0 Å². The molecule has 0 N–H and O–H groups in total. The molecule has 0 aromatic heterocycles. The van der Waals surface area contributed by atoms with Crippen LogP contribution >= 0.6 is 0 Å². The Morgan fingerprint density at radius 3 is 2.03 bits per heavy atom. The van der Waals surface area contributed by atoms with E-state index in [1.54, 1.807) is 0 Å². The van der Waals surface area contributed by atoms with Crippen molar-refractivity contribution < 1.29 is 23.5 Å². The molecule has 0 aromatic carbocycles. The van der Waals surface area contributed by atoms with E-state index in [1.807, 2.05) is 38.2 Å². The van der Waals surface area contributed by atoms with E-state index in [9.17, 15) is 9.59 Å². The van der Waals surface area contributed by atoms with Crippen molar-refractivity contribution >= 4 is 20.3 Å². The molecule has 0 aliphatic heterocycles. The molecule has 0 aliphatic rings. The van der Waals surface area contributed by atoms with E-state index in [0.29, 0.717) is 12.8 Å². The monoisotopic (exact) mass is 506 g/mol. The highest BCUT2D eigenvalue weighted by atomic mass is 28.4. The van der Waals surface area contributed by atoms with Crippen molar-refractivity contribution in [2.75, 3.05) is 14.2 Å². The zero-order chi connectivity index (χ0) is 27.3. The Morgan fingerprint density at radius 1 is 1.00 bits per heavy atom. The highest BCUT2D eigenvalue weighted by Gasteiger charge is 2.47. The molecule has 0 spiro atoms. The van der Waals surface area contributed by atoms with Crippen LogP contribution in [-0.2, 0) is 23.5 Å². The van der Waals surface area contributed by atoms with E-state index >= 15 is 0 Å². The van der Waals surface area contributed by atoms with Crippen molar-refractivity contribution in [2.45, 2.75) is 104 Å². The molecule has 0 aromatic rings. The van der Waals surface area contributed by atoms with Gasteiger partial charge in [0.2, 0.25) is 0 Å². The standard InChI is InChI=1S/C29H50O5Si/c1-12-14-15-21-29(26(30)32-8,27(31)33-9)22-20-23(3)18-16-19-24(4)25(17-13-2)34-35(10,11)28(5,6)7/h12-14,19-20,25H,2,15-18,21-22H2,1,3-11H3/b14-12+,23-20+,24-19+. The van der Waals surface area contributed by atoms with Crippen LogP contribution in [0, 0.1) is 5.41 Å². The van der Waals surface area contributed by atoms with E-state index in [1.165, 1.54) is 19.8 Å². The summed E-state index contributed by atoms with van der Waals surface area (Å²) in [6.45, 7) is 21.3. The molecule has 6 heteroatoms. The van der Waals surface area contributed by atoms with Gasteiger partial charge in [-0.2, -0.15) is 0 Å². The third-order valence-electron chi connectivity index (χ3n) is 7.06. The van der Waals surface area contributed by atoms with Gasteiger partial charge in [-0.25, -0.2) is 0 Å². The van der Waals surface area contributed by atoms with Crippen molar-refractivity contribution in [3.63, 3.8) is 0 Å². The van der Waals surface area contributed by atoms with Crippen LogP contribution in [0.3, 0.4) is 0 Å². The van der Waals surface area contributed by atoms with Gasteiger partial charge in [0.05, 0.1) is 20.3 Å². The maximum atomic E-state index is 12.7. The lowest BCUT2D eigenvalue weighted by Crippen LogP contribution is -2.44. The molecule has 0 radical (unpaired) electrons. The molecule has 5 nitrogen and oxygen atoms in total. The second-order valence-corrected chi connectivity index (χ2v) is 15.6. The summed E-state index contributed by atoms with van der Waals surface area (Å²) in [5.41, 5.74) is 0.998. The molecule has 1 atom stereocenters. The van der Waals surface area contributed by atoms with Crippen molar-refractivity contribution in [1.29, 1.82) is 0 Å². The normalized spacial score (nSPS) is 14.7. The number of rotatable bonds is 15. The molecular formula is C29H50O5Si. The quantitative estimate of drug-likeness (QED) is 0.0985. The van der Waals surface area contributed by atoms with Crippen LogP contribution in [0.25, 0.3) is 0 Å². The van der Waals surface area contributed by atoms with Crippen LogP contribution in [0.1, 0.15) is 80.1 Å². The van der Waals surface area contributed by atoms with Crippen molar-refractivity contribution in [3.8, 4) is 0 Å². The first-order valence-electron chi connectivity index (χ1n) is 12.6. The zero-order valence-electron chi connectivity index (χ0n) is 24.0. The Bertz CT molecular complexity index is 767. The third-order valence-corrected chi connectivity index (χ3v) is 11.5. The smallest absolute Gasteiger partial charge is 0.323 e. The molecular weight excluding hydrogens is 456 g/mol. The molecule has 0 fully saturated rings. The van der Waals surface area contributed by atoms with Gasteiger partial charge in [0.1, 0.15) is 0 Å². The fraction of sp³-hybridized carbons (Fsp3) is 0.655. The average Bonchev–Trinajstić information content (AvgIpc) is 2.79. The van der Waals surface area contributed by atoms with E-state index < -0.39 is 25.7 Å². The molecule has 0 amide bonds. The summed E-state index contributed by atoms with van der Waals surface area (Å²) in [5.74, 6) is -1.10. The molecule has 1 unspecified atom stereocenters. The van der Waals surface area contributed by atoms with Gasteiger partial charge in [-0.15, -0.1) is 6.58 Å². The highest BCUT2D eigenvalue weighted by molar-refractivity contribution is 6.74. The molecule has 35 heavy (non-hydrogen) atoms. The Balaban J connectivity index is 5.50. The summed E-state index contributed by atoms with van der Waals surface area (Å²) in [5, 5.41) is 0.144. The summed E-state index contributed by atoms with van der Waals surface area (Å²) in [4.78, 5) is 25.3. The first-order valence-corrected chi connectivity index (χ1v) is 15.5. The van der Waals surface area contributed by atoms with Crippen molar-refractivity contribution in [2.24, 2.45) is 5.41 Å². The number of carbonyl (C=O) groups excluding carboxylic acids is 2. The Labute approximate surface area is 215 Å². The average molecular weight is 507 g/mol. The lowest BCUT2D eigenvalue weighted by Gasteiger charge is -2.39. The van der Waals surface area contributed by atoms with Gasteiger partial charge in [-0.3, -0.25) is 9.59 Å². The molecule has 0 rings (SSSR count). The summed E-state index contributed by atoms with van der Waals surface area (Å²) in [7, 11) is 0.724. The molecule has 0 saturated carbocycles. The minimum atomic E-state index is -1.90. The fourth-order valence-electron chi connectivity index (χ4n) is 3.56. The van der Waals surface area contributed by atoms with Crippen LogP contribution < -0.4 is 0 Å². The third kappa shape index (κ3) is 10.3. The van der Waals surface area contributed by atoms with Crippen LogP contribution in [0.2, 0.25) is 18.1 Å². The number of hydrogen-bond acceptors (Lipinski definition) is 5. The predicted octanol–water partition coefficient (Wildman–Crippen LogP) is 7.70. The lowest BCUT2D eigenvalue weighted by atomic mass is 9.79. The number of allylic oxidation sites excluding steroid dienone is 5. The lowest BCUT2D eigenvalue weighted by molar-refractivity contribution is -0.169. The Hall–Kier alpha value is -1.92.